The molecule has 0 unspecified atom stereocenters. The highest BCUT2D eigenvalue weighted by Gasteiger charge is 2.19. The van der Waals surface area contributed by atoms with Crippen LogP contribution in [-0.2, 0) is 7.05 Å². The van der Waals surface area contributed by atoms with Gasteiger partial charge in [0, 0.05) is 30.1 Å². The van der Waals surface area contributed by atoms with E-state index >= 15 is 0 Å². The molecule has 0 bridgehead atoms. The van der Waals surface area contributed by atoms with Gasteiger partial charge in [0.25, 0.3) is 0 Å². The summed E-state index contributed by atoms with van der Waals surface area (Å²) in [6.07, 6.45) is 0. The van der Waals surface area contributed by atoms with Gasteiger partial charge in [-0.15, -0.1) is 0 Å². The van der Waals surface area contributed by atoms with Crippen LogP contribution in [0, 0.1) is 0 Å². The highest BCUT2D eigenvalue weighted by molar-refractivity contribution is 5.90. The van der Waals surface area contributed by atoms with Crippen LogP contribution in [0.15, 0.2) is 42.5 Å². The average Bonchev–Trinajstić information content (AvgIpc) is 2.90. The van der Waals surface area contributed by atoms with Crippen LogP contribution < -0.4 is 14.2 Å². The van der Waals surface area contributed by atoms with Gasteiger partial charge in [0.2, 0.25) is 0 Å². The lowest BCUT2D eigenvalue weighted by Crippen LogP contribution is -1.98. The summed E-state index contributed by atoms with van der Waals surface area (Å²) in [5, 5.41) is 1.18. The topological polar surface area (TPSA) is 32.6 Å². The predicted molar refractivity (Wildman–Crippen MR) is 88.0 cm³/mol. The van der Waals surface area contributed by atoms with Gasteiger partial charge in [0.1, 0.15) is 17.2 Å². The Labute approximate surface area is 129 Å². The van der Waals surface area contributed by atoms with Gasteiger partial charge in [-0.05, 0) is 12.1 Å². The average molecular weight is 297 g/mol. The molecule has 3 aromatic rings. The fourth-order valence-electron chi connectivity index (χ4n) is 2.79. The predicted octanol–water partition coefficient (Wildman–Crippen LogP) is 3.87. The summed E-state index contributed by atoms with van der Waals surface area (Å²) in [5.41, 5.74) is 3.12. The number of methoxy groups -OCH3 is 3. The van der Waals surface area contributed by atoms with E-state index in [1.165, 1.54) is 5.39 Å². The summed E-state index contributed by atoms with van der Waals surface area (Å²) >= 11 is 0. The smallest absolute Gasteiger partial charge is 0.135 e. The molecule has 0 amide bonds. The molecule has 0 radical (unpaired) electrons. The summed E-state index contributed by atoms with van der Waals surface area (Å²) in [7, 11) is 6.98. The maximum absolute atomic E-state index is 5.56. The molecule has 0 aliphatic heterocycles. The van der Waals surface area contributed by atoms with Gasteiger partial charge in [0.15, 0.2) is 0 Å². The van der Waals surface area contributed by atoms with Crippen molar-refractivity contribution in [3.8, 4) is 28.5 Å². The van der Waals surface area contributed by atoms with Crippen LogP contribution in [0.25, 0.3) is 22.2 Å². The molecule has 0 saturated carbocycles. The second-order valence-corrected chi connectivity index (χ2v) is 5.05. The summed E-state index contributed by atoms with van der Waals surface area (Å²) in [6.45, 7) is 0. The number of hydrogen-bond acceptors (Lipinski definition) is 3. The number of aryl methyl sites for hydroxylation is 1. The summed E-state index contributed by atoms with van der Waals surface area (Å²) < 4.78 is 18.6. The van der Waals surface area contributed by atoms with Gasteiger partial charge in [-0.3, -0.25) is 0 Å². The Morgan fingerprint density at radius 2 is 1.45 bits per heavy atom. The van der Waals surface area contributed by atoms with Gasteiger partial charge in [-0.25, -0.2) is 0 Å². The molecule has 0 N–H and O–H groups in total. The first-order valence-electron chi connectivity index (χ1n) is 7.04. The molecule has 0 aliphatic carbocycles. The Kier molecular flexibility index (Phi) is 3.67. The third-order valence-electron chi connectivity index (χ3n) is 3.92. The molecular formula is C18H19NO3. The molecule has 4 heteroatoms. The van der Waals surface area contributed by atoms with Crippen LogP contribution in [0.1, 0.15) is 0 Å². The van der Waals surface area contributed by atoms with Crippen molar-refractivity contribution in [2.24, 2.45) is 7.05 Å². The molecule has 0 spiro atoms. The van der Waals surface area contributed by atoms with Crippen LogP contribution >= 0.6 is 0 Å². The minimum atomic E-state index is 0.705. The number of para-hydroxylation sites is 1. The zero-order valence-electron chi connectivity index (χ0n) is 13.2. The SMILES string of the molecule is COc1cc(OC)c(-c2cc3ccccc3n2C)c(OC)c1. The summed E-state index contributed by atoms with van der Waals surface area (Å²) in [6, 6.07) is 14.2. The molecule has 114 valence electrons. The minimum Gasteiger partial charge on any atom is -0.496 e. The quantitative estimate of drug-likeness (QED) is 0.733. The van der Waals surface area contributed by atoms with E-state index in [9.17, 15) is 0 Å². The first kappa shape index (κ1) is 14.3. The second-order valence-electron chi connectivity index (χ2n) is 5.05. The van der Waals surface area contributed by atoms with Crippen LogP contribution in [0.5, 0.6) is 17.2 Å². The first-order valence-corrected chi connectivity index (χ1v) is 7.04. The Morgan fingerprint density at radius 1 is 0.818 bits per heavy atom. The van der Waals surface area contributed by atoms with Crippen molar-refractivity contribution in [2.45, 2.75) is 0 Å². The largest absolute Gasteiger partial charge is 0.496 e. The Morgan fingerprint density at radius 3 is 2.00 bits per heavy atom. The van der Waals surface area contributed by atoms with E-state index < -0.39 is 0 Å². The minimum absolute atomic E-state index is 0.705. The van der Waals surface area contributed by atoms with Gasteiger partial charge < -0.3 is 18.8 Å². The van der Waals surface area contributed by atoms with E-state index in [0.29, 0.717) is 5.75 Å². The van der Waals surface area contributed by atoms with Crippen molar-refractivity contribution in [3.05, 3.63) is 42.5 Å². The molecule has 1 heterocycles. The van der Waals surface area contributed by atoms with Gasteiger partial charge >= 0.3 is 0 Å². The molecule has 0 fully saturated rings. The molecule has 0 atom stereocenters. The molecule has 0 saturated heterocycles. The zero-order chi connectivity index (χ0) is 15.7. The number of fused-ring (bicyclic) bond motifs is 1. The fourth-order valence-corrected chi connectivity index (χ4v) is 2.79. The Balaban J connectivity index is 2.31. The molecule has 0 aliphatic rings. The highest BCUT2D eigenvalue weighted by atomic mass is 16.5. The zero-order valence-corrected chi connectivity index (χ0v) is 13.2. The van der Waals surface area contributed by atoms with Crippen LogP contribution in [0.3, 0.4) is 0 Å². The van der Waals surface area contributed by atoms with E-state index in [4.69, 9.17) is 14.2 Å². The van der Waals surface area contributed by atoms with E-state index in [1.807, 2.05) is 31.3 Å². The maximum Gasteiger partial charge on any atom is 0.135 e. The number of aromatic nitrogens is 1. The van der Waals surface area contributed by atoms with Crippen LogP contribution in [0.4, 0.5) is 0 Å². The third kappa shape index (κ3) is 2.17. The highest BCUT2D eigenvalue weighted by Crippen LogP contribution is 2.43. The number of nitrogens with zero attached hydrogens (tertiary/aromatic N) is 1. The Bertz CT molecular complexity index is 795. The first-order chi connectivity index (χ1) is 10.7. The van der Waals surface area contributed by atoms with E-state index in [-0.39, 0.29) is 0 Å². The van der Waals surface area contributed by atoms with Crippen LogP contribution in [-0.4, -0.2) is 25.9 Å². The normalized spacial score (nSPS) is 10.7. The van der Waals surface area contributed by atoms with E-state index in [2.05, 4.69) is 22.8 Å². The van der Waals surface area contributed by atoms with Crippen molar-refractivity contribution < 1.29 is 14.2 Å². The lowest BCUT2D eigenvalue weighted by Gasteiger charge is -2.15. The van der Waals surface area contributed by atoms with Crippen molar-refractivity contribution in [1.82, 2.24) is 4.57 Å². The number of benzene rings is 2. The van der Waals surface area contributed by atoms with Gasteiger partial charge in [-0.2, -0.15) is 0 Å². The molecule has 3 rings (SSSR count). The van der Waals surface area contributed by atoms with Gasteiger partial charge in [0.05, 0.1) is 32.6 Å². The van der Waals surface area contributed by atoms with Crippen molar-refractivity contribution in [2.75, 3.05) is 21.3 Å². The lowest BCUT2D eigenvalue weighted by molar-refractivity contribution is 0.377. The summed E-state index contributed by atoms with van der Waals surface area (Å²) in [4.78, 5) is 0. The van der Waals surface area contributed by atoms with E-state index in [1.54, 1.807) is 21.3 Å². The maximum atomic E-state index is 5.56. The molecule has 2 aromatic carbocycles. The van der Waals surface area contributed by atoms with Crippen molar-refractivity contribution >= 4 is 10.9 Å². The van der Waals surface area contributed by atoms with E-state index in [0.717, 1.165) is 28.3 Å². The fraction of sp³-hybridized carbons (Fsp3) is 0.222. The van der Waals surface area contributed by atoms with Crippen LogP contribution in [0.2, 0.25) is 0 Å². The molecular weight excluding hydrogens is 278 g/mol. The lowest BCUT2D eigenvalue weighted by atomic mass is 10.1. The third-order valence-corrected chi connectivity index (χ3v) is 3.92. The molecule has 1 aromatic heterocycles. The van der Waals surface area contributed by atoms with Crippen molar-refractivity contribution in [1.29, 1.82) is 0 Å². The van der Waals surface area contributed by atoms with Gasteiger partial charge in [-0.1, -0.05) is 18.2 Å². The standard InChI is InChI=1S/C18H19NO3/c1-19-14-8-6-5-7-12(14)9-15(19)18-16(21-3)10-13(20-2)11-17(18)22-4/h5-11H,1-4H3. The monoisotopic (exact) mass is 297 g/mol. The van der Waals surface area contributed by atoms with Crippen molar-refractivity contribution in [3.63, 3.8) is 0 Å². The number of ether oxygens (including phenoxy) is 3. The molecule has 22 heavy (non-hydrogen) atoms. The summed E-state index contributed by atoms with van der Waals surface area (Å²) in [5.74, 6) is 2.15. The second kappa shape index (κ2) is 5.64. The Hall–Kier alpha value is -2.62. The molecule has 4 nitrogen and oxygen atoms in total. The number of hydrogen-bond donors (Lipinski definition) is 0. The number of rotatable bonds is 4.